The maximum Gasteiger partial charge on any atom is 0.123 e. The molecule has 0 spiro atoms. The molecule has 1 unspecified atom stereocenters. The molecule has 0 aromatic heterocycles. The lowest BCUT2D eigenvalue weighted by atomic mass is 9.96. The zero-order chi connectivity index (χ0) is 24.4. The van der Waals surface area contributed by atoms with Gasteiger partial charge in [-0.25, -0.2) is 8.78 Å². The van der Waals surface area contributed by atoms with Crippen molar-refractivity contribution in [1.29, 1.82) is 0 Å². The highest BCUT2D eigenvalue weighted by molar-refractivity contribution is 14.1. The van der Waals surface area contributed by atoms with Gasteiger partial charge in [-0.2, -0.15) is 0 Å². The molecular formula is C29H31F2IN2O. The smallest absolute Gasteiger partial charge is 0.123 e. The molecule has 0 saturated carbocycles. The summed E-state index contributed by atoms with van der Waals surface area (Å²) in [6.45, 7) is 1.10. The second-order valence-corrected chi connectivity index (χ2v) is 11.0. The fraction of sp³-hybridized carbons (Fsp3) is 0.379. The molecular weight excluding hydrogens is 557 g/mol. The monoisotopic (exact) mass is 588 g/mol. The van der Waals surface area contributed by atoms with E-state index in [9.17, 15) is 8.78 Å². The number of fused-ring (bicyclic) bond motifs is 2. The van der Waals surface area contributed by atoms with Crippen LogP contribution < -0.4 is 5.73 Å². The van der Waals surface area contributed by atoms with Gasteiger partial charge in [0.1, 0.15) is 17.7 Å². The molecule has 184 valence electrons. The number of benzene rings is 3. The number of hydrogen-bond acceptors (Lipinski definition) is 3. The van der Waals surface area contributed by atoms with E-state index in [-0.39, 0.29) is 23.8 Å². The van der Waals surface area contributed by atoms with Crippen molar-refractivity contribution in [3.05, 3.63) is 98.6 Å². The van der Waals surface area contributed by atoms with Gasteiger partial charge in [-0.3, -0.25) is 4.90 Å². The minimum absolute atomic E-state index is 0.127. The van der Waals surface area contributed by atoms with Crippen LogP contribution in [0.15, 0.2) is 66.7 Å². The molecule has 2 aliphatic rings. The normalized spacial score (nSPS) is 22.1. The van der Waals surface area contributed by atoms with Crippen molar-refractivity contribution in [1.82, 2.24) is 4.90 Å². The molecule has 3 atom stereocenters. The number of rotatable bonds is 8. The third-order valence-electron chi connectivity index (χ3n) is 7.46. The number of ether oxygens (including phenoxy) is 1. The molecule has 5 rings (SSSR count). The zero-order valence-electron chi connectivity index (χ0n) is 19.7. The van der Waals surface area contributed by atoms with E-state index in [0.29, 0.717) is 12.1 Å². The number of piperidine rings is 1. The summed E-state index contributed by atoms with van der Waals surface area (Å²) in [4.78, 5) is 2.69. The SMILES string of the molecule is Nc1ccc(CCCN2[C@@H]3CC[C@H]2CC(OC(c2ccc(F)cc2)c2ccc(F)cc2)C3)cc1I. The van der Waals surface area contributed by atoms with E-state index < -0.39 is 0 Å². The third kappa shape index (κ3) is 5.87. The lowest BCUT2D eigenvalue weighted by molar-refractivity contribution is -0.0483. The standard InChI is InChI=1S/C29H31F2IN2O/c30-22-8-4-20(5-9-22)29(21-6-10-23(31)11-7-21)35-26-17-24-12-13-25(18-26)34(24)15-1-2-19-3-14-28(33)27(32)16-19/h3-11,14,16,24-26,29H,1-2,12-13,15,17-18,33H2/t24-,25+,26?. The van der Waals surface area contributed by atoms with Crippen LogP contribution in [0.5, 0.6) is 0 Å². The van der Waals surface area contributed by atoms with E-state index >= 15 is 0 Å². The van der Waals surface area contributed by atoms with Gasteiger partial charge in [0.15, 0.2) is 0 Å². The molecule has 6 heteroatoms. The highest BCUT2D eigenvalue weighted by atomic mass is 127. The maximum absolute atomic E-state index is 13.6. The Bertz CT molecular complexity index is 1080. The van der Waals surface area contributed by atoms with Crippen LogP contribution in [-0.4, -0.2) is 29.6 Å². The quantitative estimate of drug-likeness (QED) is 0.230. The number of aryl methyl sites for hydroxylation is 1. The molecule has 3 nitrogen and oxygen atoms in total. The van der Waals surface area contributed by atoms with Gasteiger partial charge in [-0.1, -0.05) is 30.3 Å². The predicted molar refractivity (Wildman–Crippen MR) is 144 cm³/mol. The highest BCUT2D eigenvalue weighted by Gasteiger charge is 2.41. The van der Waals surface area contributed by atoms with E-state index in [1.807, 2.05) is 6.07 Å². The molecule has 0 amide bonds. The molecule has 2 heterocycles. The summed E-state index contributed by atoms with van der Waals surface area (Å²) in [6.07, 6.45) is 6.40. The first-order valence-corrected chi connectivity index (χ1v) is 13.5. The van der Waals surface area contributed by atoms with Crippen molar-refractivity contribution in [2.75, 3.05) is 12.3 Å². The number of halogens is 3. The summed E-state index contributed by atoms with van der Waals surface area (Å²) < 4.78 is 34.9. The van der Waals surface area contributed by atoms with E-state index in [1.165, 1.54) is 42.7 Å². The fourth-order valence-corrected chi connectivity index (χ4v) is 6.29. The van der Waals surface area contributed by atoms with Gasteiger partial charge in [-0.05, 0) is 121 Å². The van der Waals surface area contributed by atoms with Crippen LogP contribution in [0.2, 0.25) is 0 Å². The van der Waals surface area contributed by atoms with Crippen LogP contribution in [0.25, 0.3) is 0 Å². The average molecular weight is 588 g/mol. The van der Waals surface area contributed by atoms with Gasteiger partial charge in [0.25, 0.3) is 0 Å². The third-order valence-corrected chi connectivity index (χ3v) is 8.40. The van der Waals surface area contributed by atoms with E-state index in [1.54, 1.807) is 24.3 Å². The van der Waals surface area contributed by atoms with Crippen molar-refractivity contribution in [3.8, 4) is 0 Å². The van der Waals surface area contributed by atoms with Crippen molar-refractivity contribution in [2.24, 2.45) is 0 Å². The second-order valence-electron chi connectivity index (χ2n) is 9.79. The topological polar surface area (TPSA) is 38.5 Å². The summed E-state index contributed by atoms with van der Waals surface area (Å²) in [5.41, 5.74) is 9.93. The van der Waals surface area contributed by atoms with Gasteiger partial charge in [0, 0.05) is 21.3 Å². The van der Waals surface area contributed by atoms with E-state index in [4.69, 9.17) is 10.5 Å². The van der Waals surface area contributed by atoms with Gasteiger partial charge in [0.05, 0.1) is 6.10 Å². The van der Waals surface area contributed by atoms with Crippen LogP contribution in [-0.2, 0) is 11.2 Å². The molecule has 2 aliphatic heterocycles. The Morgan fingerprint density at radius 3 is 2.00 bits per heavy atom. The summed E-state index contributed by atoms with van der Waals surface area (Å²) in [7, 11) is 0. The van der Waals surface area contributed by atoms with Gasteiger partial charge >= 0.3 is 0 Å². The Morgan fingerprint density at radius 2 is 1.46 bits per heavy atom. The van der Waals surface area contributed by atoms with Crippen molar-refractivity contribution in [3.63, 3.8) is 0 Å². The number of anilines is 1. The number of hydrogen-bond donors (Lipinski definition) is 1. The Labute approximate surface area is 219 Å². The van der Waals surface area contributed by atoms with Gasteiger partial charge in [-0.15, -0.1) is 0 Å². The van der Waals surface area contributed by atoms with Crippen LogP contribution in [0.4, 0.5) is 14.5 Å². The largest absolute Gasteiger partial charge is 0.398 e. The van der Waals surface area contributed by atoms with Crippen LogP contribution in [0, 0.1) is 15.2 Å². The minimum atomic E-state index is -0.333. The summed E-state index contributed by atoms with van der Waals surface area (Å²) in [5, 5.41) is 0. The highest BCUT2D eigenvalue weighted by Crippen LogP contribution is 2.40. The number of nitrogen functional groups attached to an aromatic ring is 1. The molecule has 0 aliphatic carbocycles. The Balaban J connectivity index is 1.23. The Kier molecular flexibility index (Phi) is 7.70. The first-order valence-electron chi connectivity index (χ1n) is 12.4. The van der Waals surface area contributed by atoms with Crippen LogP contribution in [0.3, 0.4) is 0 Å². The summed E-state index contributed by atoms with van der Waals surface area (Å²) >= 11 is 2.30. The molecule has 2 fully saturated rings. The lowest BCUT2D eigenvalue weighted by Gasteiger charge is -2.40. The lowest BCUT2D eigenvalue weighted by Crippen LogP contribution is -2.46. The summed E-state index contributed by atoms with van der Waals surface area (Å²) in [6, 6.07) is 20.3. The van der Waals surface area contributed by atoms with Crippen LogP contribution in [0.1, 0.15) is 54.9 Å². The minimum Gasteiger partial charge on any atom is -0.398 e. The first kappa shape index (κ1) is 24.7. The average Bonchev–Trinajstić information content (AvgIpc) is 3.08. The van der Waals surface area contributed by atoms with Crippen molar-refractivity contribution in [2.45, 2.75) is 62.8 Å². The van der Waals surface area contributed by atoms with Gasteiger partial charge < -0.3 is 10.5 Å². The van der Waals surface area contributed by atoms with Crippen molar-refractivity contribution >= 4 is 28.3 Å². The predicted octanol–water partition coefficient (Wildman–Crippen LogP) is 6.89. The molecule has 3 aromatic rings. The Morgan fingerprint density at radius 1 is 0.886 bits per heavy atom. The van der Waals surface area contributed by atoms with Crippen molar-refractivity contribution < 1.29 is 13.5 Å². The zero-order valence-corrected chi connectivity index (χ0v) is 21.8. The summed E-state index contributed by atoms with van der Waals surface area (Å²) in [5.74, 6) is -0.543. The molecule has 35 heavy (non-hydrogen) atoms. The molecule has 2 saturated heterocycles. The van der Waals surface area contributed by atoms with Gasteiger partial charge in [0.2, 0.25) is 0 Å². The van der Waals surface area contributed by atoms with Crippen LogP contribution >= 0.6 is 22.6 Å². The number of nitrogens with two attached hydrogens (primary N) is 1. The maximum atomic E-state index is 13.6. The van der Waals surface area contributed by atoms with E-state index in [2.05, 4.69) is 39.6 Å². The second kappa shape index (κ2) is 10.9. The fourth-order valence-electron chi connectivity index (χ4n) is 5.71. The Hall–Kier alpha value is -2.03. The molecule has 3 aromatic carbocycles. The molecule has 2 N–H and O–H groups in total. The number of nitrogens with zero attached hydrogens (tertiary/aromatic N) is 1. The first-order chi connectivity index (χ1) is 17.0. The molecule has 0 radical (unpaired) electrons. The molecule has 2 bridgehead atoms. The van der Waals surface area contributed by atoms with E-state index in [0.717, 1.165) is 52.6 Å².